The number of hydrogen-bond donors (Lipinski definition) is 1. The SMILES string of the molecule is CC(C)(C)CC(=O)CCC(C)(C)O. The molecule has 0 saturated heterocycles. The molecule has 0 aliphatic heterocycles. The van der Waals surface area contributed by atoms with Gasteiger partial charge in [-0.05, 0) is 25.7 Å². The Balaban J connectivity index is 3.78. The van der Waals surface area contributed by atoms with Crippen LogP contribution in [0.1, 0.15) is 53.9 Å². The monoisotopic (exact) mass is 186 g/mol. The first-order chi connectivity index (χ1) is 5.60. The van der Waals surface area contributed by atoms with E-state index >= 15 is 0 Å². The summed E-state index contributed by atoms with van der Waals surface area (Å²) >= 11 is 0. The zero-order chi connectivity index (χ0) is 10.7. The van der Waals surface area contributed by atoms with Crippen molar-refractivity contribution in [3.63, 3.8) is 0 Å². The molecular formula is C11H22O2. The Kier molecular flexibility index (Phi) is 4.11. The molecule has 0 spiro atoms. The van der Waals surface area contributed by atoms with Crippen molar-refractivity contribution >= 4 is 5.78 Å². The fourth-order valence-corrected chi connectivity index (χ4v) is 1.13. The molecular weight excluding hydrogens is 164 g/mol. The number of rotatable bonds is 4. The maximum absolute atomic E-state index is 11.4. The van der Waals surface area contributed by atoms with Crippen molar-refractivity contribution in [2.75, 3.05) is 0 Å². The molecule has 0 heterocycles. The maximum atomic E-state index is 11.4. The molecule has 0 aliphatic carbocycles. The average molecular weight is 186 g/mol. The quantitative estimate of drug-likeness (QED) is 0.732. The van der Waals surface area contributed by atoms with E-state index in [0.717, 1.165) is 0 Å². The first-order valence-corrected chi connectivity index (χ1v) is 4.84. The first-order valence-electron chi connectivity index (χ1n) is 4.84. The molecule has 2 heteroatoms. The van der Waals surface area contributed by atoms with Crippen molar-refractivity contribution in [1.82, 2.24) is 0 Å². The normalized spacial score (nSPS) is 13.1. The lowest BCUT2D eigenvalue weighted by Gasteiger charge is -2.19. The van der Waals surface area contributed by atoms with Crippen LogP contribution in [-0.2, 0) is 4.79 Å². The lowest BCUT2D eigenvalue weighted by Crippen LogP contribution is -2.21. The molecule has 0 bridgehead atoms. The molecule has 0 aromatic carbocycles. The molecule has 0 aromatic heterocycles. The van der Waals surface area contributed by atoms with E-state index in [4.69, 9.17) is 0 Å². The van der Waals surface area contributed by atoms with Crippen molar-refractivity contribution in [2.24, 2.45) is 5.41 Å². The van der Waals surface area contributed by atoms with E-state index in [-0.39, 0.29) is 11.2 Å². The Hall–Kier alpha value is -0.370. The van der Waals surface area contributed by atoms with Gasteiger partial charge in [0, 0.05) is 12.8 Å². The second-order valence-corrected chi connectivity index (χ2v) is 5.59. The summed E-state index contributed by atoms with van der Waals surface area (Å²) < 4.78 is 0. The van der Waals surface area contributed by atoms with E-state index < -0.39 is 5.60 Å². The van der Waals surface area contributed by atoms with Gasteiger partial charge in [-0.25, -0.2) is 0 Å². The van der Waals surface area contributed by atoms with Gasteiger partial charge >= 0.3 is 0 Å². The largest absolute Gasteiger partial charge is 0.390 e. The number of Topliss-reactive ketones (excluding diaryl/α,β-unsaturated/α-hetero) is 1. The van der Waals surface area contributed by atoms with E-state index in [1.807, 2.05) is 0 Å². The van der Waals surface area contributed by atoms with E-state index in [1.165, 1.54) is 0 Å². The fraction of sp³-hybridized carbons (Fsp3) is 0.909. The van der Waals surface area contributed by atoms with Crippen LogP contribution in [0.2, 0.25) is 0 Å². The summed E-state index contributed by atoms with van der Waals surface area (Å²) in [6, 6.07) is 0. The molecule has 0 fully saturated rings. The number of aliphatic hydroxyl groups is 1. The number of hydrogen-bond acceptors (Lipinski definition) is 2. The third kappa shape index (κ3) is 9.54. The van der Waals surface area contributed by atoms with Crippen molar-refractivity contribution in [3.05, 3.63) is 0 Å². The second kappa shape index (κ2) is 4.23. The Labute approximate surface area is 81.3 Å². The summed E-state index contributed by atoms with van der Waals surface area (Å²) in [7, 11) is 0. The van der Waals surface area contributed by atoms with E-state index in [2.05, 4.69) is 20.8 Å². The molecule has 0 aromatic rings. The highest BCUT2D eigenvalue weighted by atomic mass is 16.3. The summed E-state index contributed by atoms with van der Waals surface area (Å²) in [6.07, 6.45) is 1.64. The second-order valence-electron chi connectivity index (χ2n) is 5.59. The summed E-state index contributed by atoms with van der Waals surface area (Å²) in [5.41, 5.74) is -0.649. The van der Waals surface area contributed by atoms with Gasteiger partial charge in [-0.15, -0.1) is 0 Å². The van der Waals surface area contributed by atoms with Crippen molar-refractivity contribution in [1.29, 1.82) is 0 Å². The molecule has 0 rings (SSSR count). The zero-order valence-electron chi connectivity index (χ0n) is 9.48. The Morgan fingerprint density at radius 1 is 1.15 bits per heavy atom. The predicted molar refractivity (Wildman–Crippen MR) is 54.6 cm³/mol. The van der Waals surface area contributed by atoms with Gasteiger partial charge in [0.15, 0.2) is 0 Å². The third-order valence-electron chi connectivity index (χ3n) is 1.74. The molecule has 0 aliphatic rings. The molecule has 0 unspecified atom stereocenters. The minimum atomic E-state index is -0.715. The van der Waals surface area contributed by atoms with Gasteiger partial charge in [0.1, 0.15) is 5.78 Å². The van der Waals surface area contributed by atoms with Crippen molar-refractivity contribution in [3.8, 4) is 0 Å². The van der Waals surface area contributed by atoms with Crippen molar-refractivity contribution < 1.29 is 9.90 Å². The van der Waals surface area contributed by atoms with E-state index in [9.17, 15) is 9.90 Å². The van der Waals surface area contributed by atoms with Gasteiger partial charge in [0.25, 0.3) is 0 Å². The molecule has 0 radical (unpaired) electrons. The van der Waals surface area contributed by atoms with Crippen LogP contribution in [0.5, 0.6) is 0 Å². The van der Waals surface area contributed by atoms with E-state index in [0.29, 0.717) is 19.3 Å². The Morgan fingerprint density at radius 3 is 1.92 bits per heavy atom. The van der Waals surface area contributed by atoms with Crippen LogP contribution in [0.25, 0.3) is 0 Å². The Bertz CT molecular complexity index is 170. The van der Waals surface area contributed by atoms with Crippen LogP contribution in [0.3, 0.4) is 0 Å². The minimum absolute atomic E-state index is 0.0662. The fourth-order valence-electron chi connectivity index (χ4n) is 1.13. The van der Waals surface area contributed by atoms with Gasteiger partial charge in [-0.1, -0.05) is 20.8 Å². The van der Waals surface area contributed by atoms with Gasteiger partial charge in [0.05, 0.1) is 5.60 Å². The lowest BCUT2D eigenvalue weighted by atomic mass is 9.87. The smallest absolute Gasteiger partial charge is 0.133 e. The zero-order valence-corrected chi connectivity index (χ0v) is 9.48. The standard InChI is InChI=1S/C11H22O2/c1-10(2,3)8-9(12)6-7-11(4,5)13/h13H,6-8H2,1-5H3. The van der Waals surface area contributed by atoms with E-state index in [1.54, 1.807) is 13.8 Å². The molecule has 0 atom stereocenters. The molecule has 0 saturated carbocycles. The number of ketones is 1. The average Bonchev–Trinajstić information content (AvgIpc) is 1.78. The Morgan fingerprint density at radius 2 is 1.62 bits per heavy atom. The van der Waals surface area contributed by atoms with Crippen LogP contribution in [0.4, 0.5) is 0 Å². The highest BCUT2D eigenvalue weighted by molar-refractivity contribution is 5.79. The summed E-state index contributed by atoms with van der Waals surface area (Å²) in [6.45, 7) is 9.62. The number of carbonyl (C=O) groups excluding carboxylic acids is 1. The van der Waals surface area contributed by atoms with Gasteiger partial charge < -0.3 is 5.11 Å². The molecule has 0 amide bonds. The third-order valence-corrected chi connectivity index (χ3v) is 1.74. The van der Waals surface area contributed by atoms with Crippen LogP contribution in [0, 0.1) is 5.41 Å². The van der Waals surface area contributed by atoms with Crippen molar-refractivity contribution in [2.45, 2.75) is 59.5 Å². The number of carbonyl (C=O) groups is 1. The summed E-state index contributed by atoms with van der Waals surface area (Å²) in [5.74, 6) is 0.245. The van der Waals surface area contributed by atoms with Crippen LogP contribution in [0.15, 0.2) is 0 Å². The molecule has 13 heavy (non-hydrogen) atoms. The lowest BCUT2D eigenvalue weighted by molar-refractivity contribution is -0.121. The van der Waals surface area contributed by atoms with Crippen LogP contribution in [-0.4, -0.2) is 16.5 Å². The maximum Gasteiger partial charge on any atom is 0.133 e. The first kappa shape index (κ1) is 12.6. The van der Waals surface area contributed by atoms with Crippen LogP contribution >= 0.6 is 0 Å². The van der Waals surface area contributed by atoms with Gasteiger partial charge in [-0.2, -0.15) is 0 Å². The summed E-state index contributed by atoms with van der Waals surface area (Å²) in [4.78, 5) is 11.4. The highest BCUT2D eigenvalue weighted by Gasteiger charge is 2.19. The summed E-state index contributed by atoms with van der Waals surface area (Å²) in [5, 5.41) is 9.41. The molecule has 2 nitrogen and oxygen atoms in total. The highest BCUT2D eigenvalue weighted by Crippen LogP contribution is 2.21. The van der Waals surface area contributed by atoms with Gasteiger partial charge in [-0.3, -0.25) is 4.79 Å². The predicted octanol–water partition coefficient (Wildman–Crippen LogP) is 2.54. The minimum Gasteiger partial charge on any atom is -0.390 e. The van der Waals surface area contributed by atoms with Crippen LogP contribution < -0.4 is 0 Å². The molecule has 78 valence electrons. The molecule has 1 N–H and O–H groups in total. The van der Waals surface area contributed by atoms with Gasteiger partial charge in [0.2, 0.25) is 0 Å². The topological polar surface area (TPSA) is 37.3 Å².